The lowest BCUT2D eigenvalue weighted by molar-refractivity contribution is 0.415. The van der Waals surface area contributed by atoms with E-state index in [2.05, 4.69) is 0 Å². The van der Waals surface area contributed by atoms with Crippen LogP contribution in [-0.4, -0.2) is 7.11 Å². The molecule has 1 aromatic rings. The van der Waals surface area contributed by atoms with E-state index in [1.165, 1.54) is 6.20 Å². The predicted octanol–water partition coefficient (Wildman–Crippen LogP) is 0.911. The smallest absolute Gasteiger partial charge is 0.118 e. The van der Waals surface area contributed by atoms with Gasteiger partial charge in [0.1, 0.15) is 5.75 Å². The van der Waals surface area contributed by atoms with Crippen LogP contribution in [0.4, 0.5) is 0 Å². The normalized spacial score (nSPS) is 11.2. The van der Waals surface area contributed by atoms with Crippen molar-refractivity contribution in [2.45, 2.75) is 0 Å². The molecule has 0 fully saturated rings. The van der Waals surface area contributed by atoms with Crippen molar-refractivity contribution in [3.8, 4) is 5.75 Å². The molecule has 0 atom stereocenters. The second kappa shape index (κ2) is 3.67. The lowest BCUT2D eigenvalue weighted by Crippen LogP contribution is -1.99. The summed E-state index contributed by atoms with van der Waals surface area (Å²) < 4.78 is 4.99. The van der Waals surface area contributed by atoms with Gasteiger partial charge in [-0.15, -0.1) is 0 Å². The Morgan fingerprint density at radius 2 is 1.92 bits per heavy atom. The molecule has 0 aliphatic carbocycles. The minimum Gasteiger partial charge on any atom is -0.497 e. The first kappa shape index (κ1) is 8.46. The fourth-order valence-corrected chi connectivity index (χ4v) is 0.880. The molecule has 64 valence electrons. The lowest BCUT2D eigenvalue weighted by atomic mass is 10.2. The van der Waals surface area contributed by atoms with Crippen molar-refractivity contribution in [2.75, 3.05) is 7.11 Å². The molecule has 0 amide bonds. The monoisotopic (exact) mass is 164 g/mol. The Kier molecular flexibility index (Phi) is 2.58. The minimum atomic E-state index is 0.567. The number of rotatable bonds is 2. The fourth-order valence-electron chi connectivity index (χ4n) is 0.880. The molecule has 4 N–H and O–H groups in total. The summed E-state index contributed by atoms with van der Waals surface area (Å²) in [7, 11) is 1.62. The first-order valence-corrected chi connectivity index (χ1v) is 3.59. The zero-order valence-corrected chi connectivity index (χ0v) is 6.95. The van der Waals surface area contributed by atoms with E-state index in [0.29, 0.717) is 5.70 Å². The maximum Gasteiger partial charge on any atom is 0.118 e. The van der Waals surface area contributed by atoms with E-state index in [1.807, 2.05) is 24.3 Å². The molecule has 1 aromatic carbocycles. The Hall–Kier alpha value is -1.64. The average Bonchev–Trinajstić information content (AvgIpc) is 2.17. The van der Waals surface area contributed by atoms with Gasteiger partial charge in [0.2, 0.25) is 0 Å². The van der Waals surface area contributed by atoms with Crippen LogP contribution in [0, 0.1) is 0 Å². The summed E-state index contributed by atoms with van der Waals surface area (Å²) in [5, 5.41) is 0. The third-order valence-corrected chi connectivity index (χ3v) is 1.60. The van der Waals surface area contributed by atoms with Crippen molar-refractivity contribution < 1.29 is 4.74 Å². The molecule has 0 saturated heterocycles. The van der Waals surface area contributed by atoms with Gasteiger partial charge in [0.25, 0.3) is 0 Å². The topological polar surface area (TPSA) is 61.3 Å². The van der Waals surface area contributed by atoms with Crippen molar-refractivity contribution in [2.24, 2.45) is 11.5 Å². The number of hydrogen-bond donors (Lipinski definition) is 2. The highest BCUT2D eigenvalue weighted by Gasteiger charge is 1.95. The SMILES string of the molecule is COc1ccc(/C(N)=C/N)cc1. The van der Waals surface area contributed by atoms with Gasteiger partial charge in [-0.1, -0.05) is 0 Å². The van der Waals surface area contributed by atoms with Crippen LogP contribution in [0.5, 0.6) is 5.75 Å². The van der Waals surface area contributed by atoms with Crippen LogP contribution in [-0.2, 0) is 0 Å². The van der Waals surface area contributed by atoms with Crippen LogP contribution < -0.4 is 16.2 Å². The molecule has 0 heterocycles. The van der Waals surface area contributed by atoms with Gasteiger partial charge in [0.05, 0.1) is 12.8 Å². The third-order valence-electron chi connectivity index (χ3n) is 1.60. The maximum atomic E-state index is 5.58. The lowest BCUT2D eigenvalue weighted by Gasteiger charge is -2.02. The summed E-state index contributed by atoms with van der Waals surface area (Å²) in [5.74, 6) is 0.809. The number of methoxy groups -OCH3 is 1. The molecule has 0 aliphatic heterocycles. The Morgan fingerprint density at radius 3 is 2.33 bits per heavy atom. The summed E-state index contributed by atoms with van der Waals surface area (Å²) in [6.45, 7) is 0. The molecule has 0 saturated carbocycles. The van der Waals surface area contributed by atoms with Crippen LogP contribution in [0.3, 0.4) is 0 Å². The van der Waals surface area contributed by atoms with Gasteiger partial charge >= 0.3 is 0 Å². The molecule has 3 heteroatoms. The van der Waals surface area contributed by atoms with Gasteiger partial charge in [-0.2, -0.15) is 0 Å². The Bertz CT molecular complexity index is 277. The van der Waals surface area contributed by atoms with E-state index in [-0.39, 0.29) is 0 Å². The summed E-state index contributed by atoms with van der Waals surface area (Å²) >= 11 is 0. The molecule has 3 nitrogen and oxygen atoms in total. The molecular formula is C9H12N2O. The Morgan fingerprint density at radius 1 is 1.33 bits per heavy atom. The molecule has 0 aliphatic rings. The van der Waals surface area contributed by atoms with Crippen molar-refractivity contribution in [3.05, 3.63) is 36.0 Å². The van der Waals surface area contributed by atoms with Crippen molar-refractivity contribution in [1.29, 1.82) is 0 Å². The zero-order valence-electron chi connectivity index (χ0n) is 6.95. The van der Waals surface area contributed by atoms with Gasteiger partial charge in [0.15, 0.2) is 0 Å². The van der Waals surface area contributed by atoms with Crippen LogP contribution in [0.25, 0.3) is 5.70 Å². The van der Waals surface area contributed by atoms with E-state index in [0.717, 1.165) is 11.3 Å². The third kappa shape index (κ3) is 1.69. The van der Waals surface area contributed by atoms with Crippen LogP contribution in [0.15, 0.2) is 30.5 Å². The molecular weight excluding hydrogens is 152 g/mol. The number of ether oxygens (including phenoxy) is 1. The fraction of sp³-hybridized carbons (Fsp3) is 0.111. The largest absolute Gasteiger partial charge is 0.497 e. The predicted molar refractivity (Wildman–Crippen MR) is 49.3 cm³/mol. The van der Waals surface area contributed by atoms with E-state index in [9.17, 15) is 0 Å². The minimum absolute atomic E-state index is 0.567. The molecule has 0 unspecified atom stereocenters. The Balaban J connectivity index is 2.92. The van der Waals surface area contributed by atoms with Crippen LogP contribution in [0.1, 0.15) is 5.56 Å². The summed E-state index contributed by atoms with van der Waals surface area (Å²) in [6, 6.07) is 7.40. The van der Waals surface area contributed by atoms with E-state index >= 15 is 0 Å². The van der Waals surface area contributed by atoms with Crippen LogP contribution in [0.2, 0.25) is 0 Å². The standard InChI is InChI=1S/C9H12N2O/c1-12-8-4-2-7(3-5-8)9(11)6-10/h2-6H,10-11H2,1H3/b9-6-. The molecule has 0 radical (unpaired) electrons. The summed E-state index contributed by atoms with van der Waals surface area (Å²) in [4.78, 5) is 0. The zero-order chi connectivity index (χ0) is 8.97. The highest BCUT2D eigenvalue weighted by atomic mass is 16.5. The van der Waals surface area contributed by atoms with Gasteiger partial charge in [-0.3, -0.25) is 0 Å². The van der Waals surface area contributed by atoms with Crippen molar-refractivity contribution in [1.82, 2.24) is 0 Å². The van der Waals surface area contributed by atoms with Gasteiger partial charge in [0, 0.05) is 6.20 Å². The van der Waals surface area contributed by atoms with E-state index < -0.39 is 0 Å². The number of benzene rings is 1. The van der Waals surface area contributed by atoms with E-state index in [1.54, 1.807) is 7.11 Å². The van der Waals surface area contributed by atoms with Gasteiger partial charge in [-0.25, -0.2) is 0 Å². The van der Waals surface area contributed by atoms with E-state index in [4.69, 9.17) is 16.2 Å². The first-order valence-electron chi connectivity index (χ1n) is 3.59. The average molecular weight is 164 g/mol. The molecule has 0 aromatic heterocycles. The van der Waals surface area contributed by atoms with Gasteiger partial charge in [-0.05, 0) is 29.8 Å². The first-order chi connectivity index (χ1) is 5.77. The van der Waals surface area contributed by atoms with Crippen molar-refractivity contribution in [3.63, 3.8) is 0 Å². The van der Waals surface area contributed by atoms with Crippen molar-refractivity contribution >= 4 is 5.70 Å². The Labute approximate surface area is 71.6 Å². The molecule has 0 spiro atoms. The highest BCUT2D eigenvalue weighted by molar-refractivity contribution is 5.62. The second-order valence-corrected chi connectivity index (χ2v) is 2.35. The summed E-state index contributed by atoms with van der Waals surface area (Å²) in [5.41, 5.74) is 12.3. The molecule has 0 bridgehead atoms. The maximum absolute atomic E-state index is 5.58. The number of hydrogen-bond acceptors (Lipinski definition) is 3. The second-order valence-electron chi connectivity index (χ2n) is 2.35. The summed E-state index contributed by atoms with van der Waals surface area (Å²) in [6.07, 6.45) is 1.38. The highest BCUT2D eigenvalue weighted by Crippen LogP contribution is 2.14. The van der Waals surface area contributed by atoms with Gasteiger partial charge < -0.3 is 16.2 Å². The molecule has 1 rings (SSSR count). The molecule has 12 heavy (non-hydrogen) atoms. The number of nitrogens with two attached hydrogens (primary N) is 2. The quantitative estimate of drug-likeness (QED) is 0.683. The van der Waals surface area contributed by atoms with Crippen LogP contribution >= 0.6 is 0 Å².